The van der Waals surface area contributed by atoms with E-state index in [1.54, 1.807) is 14.1 Å². The van der Waals surface area contributed by atoms with Gasteiger partial charge in [0.2, 0.25) is 11.7 Å². The number of hydrogen-bond acceptors (Lipinski definition) is 9. The Morgan fingerprint density at radius 2 is 1.86 bits per heavy atom. The molecular weight excluding hydrogens is 573 g/mol. The van der Waals surface area contributed by atoms with E-state index in [1.165, 1.54) is 17.9 Å². The summed E-state index contributed by atoms with van der Waals surface area (Å²) in [5.41, 5.74) is 1.86. The Labute approximate surface area is 213 Å². The third kappa shape index (κ3) is 3.45. The normalized spacial score (nSPS) is 28.0. The van der Waals surface area contributed by atoms with Gasteiger partial charge in [0.1, 0.15) is 17.1 Å². The van der Waals surface area contributed by atoms with E-state index in [2.05, 4.69) is 5.32 Å². The number of nitrogens with one attached hydrogen (secondary N) is 1. The number of amides is 2. The van der Waals surface area contributed by atoms with Gasteiger partial charge in [-0.25, -0.2) is 0 Å². The van der Waals surface area contributed by atoms with Crippen molar-refractivity contribution in [1.29, 1.82) is 0 Å². The number of aliphatic hydroxyl groups excluding tert-OH is 2. The van der Waals surface area contributed by atoms with Crippen LogP contribution < -0.4 is 11.1 Å². The molecule has 0 aliphatic heterocycles. The van der Waals surface area contributed by atoms with Gasteiger partial charge in [-0.15, -0.1) is 0 Å². The number of rotatable bonds is 3. The van der Waals surface area contributed by atoms with Crippen molar-refractivity contribution in [1.82, 2.24) is 4.90 Å². The van der Waals surface area contributed by atoms with E-state index in [-0.39, 0.29) is 29.7 Å². The Kier molecular flexibility index (Phi) is 5.97. The SMILES string of the molecule is CC(=O)Nc1cc(I)c2c(c1O)C(=O)C1=C(O)[C@]3(O)C(=O)C(C(N)=O)=C(O)[C@@H](N(C)C)C3CC1C2. The summed E-state index contributed by atoms with van der Waals surface area (Å²) < 4.78 is 0.592. The molecule has 4 atom stereocenters. The van der Waals surface area contributed by atoms with Crippen LogP contribution in [-0.2, 0) is 20.8 Å². The summed E-state index contributed by atoms with van der Waals surface area (Å²) in [7, 11) is 3.13. The maximum Gasteiger partial charge on any atom is 0.255 e. The van der Waals surface area contributed by atoms with E-state index < -0.39 is 69.7 Å². The van der Waals surface area contributed by atoms with Crippen LogP contribution in [-0.4, -0.2) is 74.4 Å². The first kappa shape index (κ1) is 25.1. The molecule has 4 rings (SSSR count). The second-order valence-corrected chi connectivity index (χ2v) is 10.4. The number of phenolic OH excluding ortho intramolecular Hbond substituents is 1. The predicted molar refractivity (Wildman–Crippen MR) is 131 cm³/mol. The molecule has 1 aromatic rings. The number of carbonyl (C=O) groups excluding carboxylic acids is 4. The van der Waals surface area contributed by atoms with E-state index in [1.807, 2.05) is 22.6 Å². The van der Waals surface area contributed by atoms with E-state index in [0.717, 1.165) is 0 Å². The molecule has 2 unspecified atom stereocenters. The molecule has 0 bridgehead atoms. The van der Waals surface area contributed by atoms with Crippen LogP contribution in [0.25, 0.3) is 0 Å². The summed E-state index contributed by atoms with van der Waals surface area (Å²) in [5.74, 6) is -7.63. The molecule has 3 aliphatic rings. The van der Waals surface area contributed by atoms with Crippen LogP contribution in [0.4, 0.5) is 5.69 Å². The summed E-state index contributed by atoms with van der Waals surface area (Å²) in [6.07, 6.45) is 0.191. The third-order valence-electron chi connectivity index (χ3n) is 6.98. The van der Waals surface area contributed by atoms with E-state index in [9.17, 15) is 39.6 Å². The monoisotopic (exact) mass is 597 g/mol. The Morgan fingerprint density at radius 3 is 2.40 bits per heavy atom. The zero-order valence-corrected chi connectivity index (χ0v) is 21.2. The van der Waals surface area contributed by atoms with E-state index in [4.69, 9.17) is 5.73 Å². The fourth-order valence-corrected chi connectivity index (χ4v) is 6.36. The van der Waals surface area contributed by atoms with Gasteiger partial charge in [-0.2, -0.15) is 0 Å². The smallest absolute Gasteiger partial charge is 0.255 e. The van der Waals surface area contributed by atoms with Crippen molar-refractivity contribution in [3.8, 4) is 5.75 Å². The second kappa shape index (κ2) is 8.31. The van der Waals surface area contributed by atoms with Gasteiger partial charge in [0, 0.05) is 22.0 Å². The quantitative estimate of drug-likeness (QED) is 0.165. The van der Waals surface area contributed by atoms with Gasteiger partial charge < -0.3 is 31.5 Å². The molecule has 186 valence electrons. The van der Waals surface area contributed by atoms with Crippen molar-refractivity contribution < 1.29 is 39.6 Å². The van der Waals surface area contributed by atoms with Gasteiger partial charge in [-0.1, -0.05) is 0 Å². The molecule has 0 saturated carbocycles. The van der Waals surface area contributed by atoms with Gasteiger partial charge in [0.05, 0.1) is 17.3 Å². The average Bonchev–Trinajstić information content (AvgIpc) is 2.73. The summed E-state index contributed by atoms with van der Waals surface area (Å²) in [6.45, 7) is 1.24. The fraction of sp³-hybridized carbons (Fsp3) is 0.391. The topological polar surface area (TPSA) is 190 Å². The Morgan fingerprint density at radius 1 is 1.23 bits per heavy atom. The number of likely N-dealkylation sites (N-methyl/N-ethyl adjacent to an activating group) is 1. The first-order valence-corrected chi connectivity index (χ1v) is 11.8. The van der Waals surface area contributed by atoms with Crippen LogP contribution in [0.15, 0.2) is 28.7 Å². The second-order valence-electron chi connectivity index (χ2n) is 9.25. The number of phenols is 1. The molecule has 0 spiro atoms. The number of carbonyl (C=O) groups is 4. The lowest BCUT2D eigenvalue weighted by atomic mass is 9.58. The molecule has 0 aromatic heterocycles. The first-order valence-electron chi connectivity index (χ1n) is 10.7. The van der Waals surface area contributed by atoms with Gasteiger partial charge in [0.25, 0.3) is 5.91 Å². The number of anilines is 1. The number of aliphatic hydroxyl groups is 3. The summed E-state index contributed by atoms with van der Waals surface area (Å²) in [4.78, 5) is 51.9. The lowest BCUT2D eigenvalue weighted by Gasteiger charge is -2.50. The van der Waals surface area contributed by atoms with Gasteiger partial charge >= 0.3 is 0 Å². The summed E-state index contributed by atoms with van der Waals surface area (Å²) in [5, 5.41) is 46.8. The molecule has 12 heteroatoms. The summed E-state index contributed by atoms with van der Waals surface area (Å²) >= 11 is 1.98. The van der Waals surface area contributed by atoms with Crippen molar-refractivity contribution in [2.45, 2.75) is 31.4 Å². The number of allylic oxidation sites excluding steroid dienone is 1. The van der Waals surface area contributed by atoms with Crippen LogP contribution in [0.1, 0.15) is 29.3 Å². The Bertz CT molecular complexity index is 1280. The number of nitrogens with zero attached hydrogens (tertiary/aromatic N) is 1. The minimum Gasteiger partial charge on any atom is -0.510 e. The van der Waals surface area contributed by atoms with E-state index >= 15 is 0 Å². The highest BCUT2D eigenvalue weighted by Gasteiger charge is 2.63. The zero-order chi connectivity index (χ0) is 26.1. The maximum absolute atomic E-state index is 13.6. The molecule has 1 aromatic carbocycles. The highest BCUT2D eigenvalue weighted by atomic mass is 127. The van der Waals surface area contributed by atoms with Gasteiger partial charge in [-0.3, -0.25) is 24.1 Å². The zero-order valence-electron chi connectivity index (χ0n) is 19.0. The van der Waals surface area contributed by atoms with Gasteiger partial charge in [-0.05, 0) is 67.1 Å². The van der Waals surface area contributed by atoms with Crippen molar-refractivity contribution in [3.05, 3.63) is 43.4 Å². The highest BCUT2D eigenvalue weighted by molar-refractivity contribution is 14.1. The number of nitrogens with two attached hydrogens (primary N) is 1. The molecule has 0 heterocycles. The Hall–Kier alpha value is -2.97. The van der Waals surface area contributed by atoms with Crippen molar-refractivity contribution in [2.24, 2.45) is 17.6 Å². The van der Waals surface area contributed by atoms with Crippen LogP contribution >= 0.6 is 22.6 Å². The number of halogens is 1. The molecule has 2 amide bonds. The van der Waals surface area contributed by atoms with Crippen LogP contribution in [0.2, 0.25) is 0 Å². The molecule has 11 nitrogen and oxygen atoms in total. The predicted octanol–water partition coefficient (Wildman–Crippen LogP) is 0.684. The van der Waals surface area contributed by atoms with E-state index in [0.29, 0.717) is 9.13 Å². The molecular formula is C23H24IN3O8. The van der Waals surface area contributed by atoms with Gasteiger partial charge in [0.15, 0.2) is 17.1 Å². The number of primary amides is 1. The van der Waals surface area contributed by atoms with Crippen molar-refractivity contribution in [2.75, 3.05) is 19.4 Å². The lowest BCUT2D eigenvalue weighted by molar-refractivity contribution is -0.148. The summed E-state index contributed by atoms with van der Waals surface area (Å²) in [6, 6.07) is 0.479. The standard InChI is InChI=1S/C23H24IN3O8/c1-7(28)26-12-6-11(24)9-4-8-5-10-16(27(2)3)19(31)15(22(25)34)21(33)23(10,35)20(32)13(8)18(30)14(9)17(12)29/h6,8,10,16,29,31-32,35H,4-5H2,1-3H3,(H2,25,34)(H,26,28)/t8?,10?,16-,23-/m0/s1. The minimum atomic E-state index is -2.69. The molecule has 35 heavy (non-hydrogen) atoms. The molecule has 0 radical (unpaired) electrons. The minimum absolute atomic E-state index is 0.00484. The molecule has 0 saturated heterocycles. The number of hydrogen-bond donors (Lipinski definition) is 6. The first-order chi connectivity index (χ1) is 16.2. The number of Topliss-reactive ketones (excluding diaryl/α,β-unsaturated/α-hetero) is 2. The Balaban J connectivity index is 1.96. The molecule has 3 aliphatic carbocycles. The highest BCUT2D eigenvalue weighted by Crippen LogP contribution is 2.53. The number of aromatic hydroxyl groups is 1. The fourth-order valence-electron chi connectivity index (χ4n) is 5.56. The maximum atomic E-state index is 13.6. The largest absolute Gasteiger partial charge is 0.510 e. The van der Waals surface area contributed by atoms with Crippen LogP contribution in [0, 0.1) is 15.4 Å². The number of ketones is 2. The lowest BCUT2D eigenvalue weighted by Crippen LogP contribution is -2.63. The third-order valence-corrected chi connectivity index (χ3v) is 7.94. The van der Waals surface area contributed by atoms with Crippen LogP contribution in [0.3, 0.4) is 0 Å². The van der Waals surface area contributed by atoms with Crippen molar-refractivity contribution in [3.63, 3.8) is 0 Å². The van der Waals surface area contributed by atoms with Crippen LogP contribution in [0.5, 0.6) is 5.75 Å². The number of fused-ring (bicyclic) bond motifs is 3. The van der Waals surface area contributed by atoms with Crippen molar-refractivity contribution >= 4 is 51.7 Å². The molecule has 0 fully saturated rings. The average molecular weight is 597 g/mol. The number of benzene rings is 1. The molecule has 7 N–H and O–H groups in total.